The third-order valence-corrected chi connectivity index (χ3v) is 3.59. The van der Waals surface area contributed by atoms with Gasteiger partial charge < -0.3 is 15.4 Å². The highest BCUT2D eigenvalue weighted by molar-refractivity contribution is 5.91. The lowest BCUT2D eigenvalue weighted by Gasteiger charge is -2.10. The van der Waals surface area contributed by atoms with Crippen molar-refractivity contribution in [1.82, 2.24) is 5.32 Å². The van der Waals surface area contributed by atoms with E-state index < -0.39 is 17.6 Å². The van der Waals surface area contributed by atoms with Crippen LogP contribution < -0.4 is 10.6 Å². The lowest BCUT2D eigenvalue weighted by Crippen LogP contribution is -2.25. The molecule has 5 nitrogen and oxygen atoms in total. The van der Waals surface area contributed by atoms with Crippen LogP contribution in [0.5, 0.6) is 0 Å². The molecule has 0 aliphatic heterocycles. The molecule has 0 atom stereocenters. The summed E-state index contributed by atoms with van der Waals surface area (Å²) in [6.45, 7) is 0.115. The average molecular weight is 380 g/mol. The molecular formula is C19H19F3N2O3. The zero-order valence-corrected chi connectivity index (χ0v) is 14.6. The van der Waals surface area contributed by atoms with Crippen LogP contribution in [0, 0.1) is 0 Å². The number of carbonyl (C=O) groups is 2. The Morgan fingerprint density at radius 2 is 1.70 bits per heavy atom. The molecule has 0 heterocycles. The van der Waals surface area contributed by atoms with Crippen LogP contribution in [0.15, 0.2) is 48.5 Å². The molecule has 2 amide bonds. The van der Waals surface area contributed by atoms with E-state index in [1.165, 1.54) is 19.2 Å². The van der Waals surface area contributed by atoms with Gasteiger partial charge in [0.1, 0.15) is 6.61 Å². The van der Waals surface area contributed by atoms with Crippen molar-refractivity contribution in [3.63, 3.8) is 0 Å². The Morgan fingerprint density at radius 3 is 2.41 bits per heavy atom. The first-order chi connectivity index (χ1) is 12.8. The molecule has 2 aromatic rings. The Bertz CT molecular complexity index is 807. The van der Waals surface area contributed by atoms with Gasteiger partial charge in [0.05, 0.1) is 12.0 Å². The number of alkyl halides is 3. The monoisotopic (exact) mass is 380 g/mol. The second-order valence-corrected chi connectivity index (χ2v) is 5.83. The quantitative estimate of drug-likeness (QED) is 0.776. The summed E-state index contributed by atoms with van der Waals surface area (Å²) in [7, 11) is 1.41. The number of benzene rings is 2. The minimum Gasteiger partial charge on any atom is -0.375 e. The van der Waals surface area contributed by atoms with Crippen LogP contribution >= 0.6 is 0 Å². The van der Waals surface area contributed by atoms with Crippen molar-refractivity contribution in [3.05, 3.63) is 65.2 Å². The van der Waals surface area contributed by atoms with Crippen LogP contribution in [0.4, 0.5) is 18.9 Å². The van der Waals surface area contributed by atoms with Crippen LogP contribution in [0.3, 0.4) is 0 Å². The minimum absolute atomic E-state index is 0.0715. The number of methoxy groups -OCH3 is 1. The first kappa shape index (κ1) is 20.4. The number of carbonyl (C=O) groups excluding carboxylic acids is 2. The molecule has 2 rings (SSSR count). The highest BCUT2D eigenvalue weighted by Crippen LogP contribution is 2.29. The molecule has 0 unspecified atom stereocenters. The molecule has 8 heteroatoms. The third-order valence-electron chi connectivity index (χ3n) is 3.59. The number of hydrogen-bond donors (Lipinski definition) is 2. The molecule has 27 heavy (non-hydrogen) atoms. The van der Waals surface area contributed by atoms with Gasteiger partial charge in [-0.05, 0) is 29.3 Å². The molecule has 0 spiro atoms. The fourth-order valence-electron chi connectivity index (χ4n) is 2.39. The minimum atomic E-state index is -4.44. The maximum atomic E-state index is 12.7. The molecule has 2 aromatic carbocycles. The summed E-state index contributed by atoms with van der Waals surface area (Å²) in [5.41, 5.74) is 0.791. The standard InChI is InChI=1S/C19H19F3N2O3/c1-27-12-18(26)24-16-7-3-5-14(9-16)11-23-17(25)10-13-4-2-6-15(8-13)19(20,21)22/h2-9H,10-12H2,1H3,(H,23,25)(H,24,26). The Balaban J connectivity index is 1.91. The van der Waals surface area contributed by atoms with E-state index in [9.17, 15) is 22.8 Å². The Labute approximate surface area is 154 Å². The van der Waals surface area contributed by atoms with Crippen molar-refractivity contribution in [3.8, 4) is 0 Å². The first-order valence-corrected chi connectivity index (χ1v) is 8.08. The third kappa shape index (κ3) is 6.74. The van der Waals surface area contributed by atoms with E-state index in [2.05, 4.69) is 10.6 Å². The van der Waals surface area contributed by atoms with Crippen LogP contribution in [-0.2, 0) is 33.5 Å². The Kier molecular flexibility index (Phi) is 6.95. The number of amides is 2. The van der Waals surface area contributed by atoms with Crippen molar-refractivity contribution in [1.29, 1.82) is 0 Å². The van der Waals surface area contributed by atoms with Gasteiger partial charge in [-0.15, -0.1) is 0 Å². The molecule has 0 saturated carbocycles. The fraction of sp³-hybridized carbons (Fsp3) is 0.263. The highest BCUT2D eigenvalue weighted by atomic mass is 19.4. The van der Waals surface area contributed by atoms with Crippen LogP contribution in [0.1, 0.15) is 16.7 Å². The first-order valence-electron chi connectivity index (χ1n) is 8.08. The number of anilines is 1. The summed E-state index contributed by atoms with van der Waals surface area (Å²) in [5.74, 6) is -0.702. The summed E-state index contributed by atoms with van der Waals surface area (Å²) in [6, 6.07) is 11.5. The van der Waals surface area contributed by atoms with Crippen LogP contribution in [-0.4, -0.2) is 25.5 Å². The highest BCUT2D eigenvalue weighted by Gasteiger charge is 2.30. The van der Waals surface area contributed by atoms with E-state index in [-0.39, 0.29) is 31.0 Å². The molecule has 0 aliphatic rings. The van der Waals surface area contributed by atoms with E-state index >= 15 is 0 Å². The zero-order valence-electron chi connectivity index (χ0n) is 14.6. The fourth-order valence-corrected chi connectivity index (χ4v) is 2.39. The van der Waals surface area contributed by atoms with E-state index in [1.807, 2.05) is 0 Å². The van der Waals surface area contributed by atoms with Gasteiger partial charge in [-0.25, -0.2) is 0 Å². The SMILES string of the molecule is COCC(=O)Nc1cccc(CNC(=O)Cc2cccc(C(F)(F)F)c2)c1. The molecule has 0 radical (unpaired) electrons. The molecule has 144 valence electrons. The molecule has 0 fully saturated rings. The van der Waals surface area contributed by atoms with E-state index in [0.29, 0.717) is 5.69 Å². The van der Waals surface area contributed by atoms with Gasteiger partial charge in [-0.1, -0.05) is 30.3 Å². The van der Waals surface area contributed by atoms with Gasteiger partial charge in [0.15, 0.2) is 0 Å². The molecule has 0 saturated heterocycles. The molecule has 0 bridgehead atoms. The summed E-state index contributed by atoms with van der Waals surface area (Å²) in [6.07, 6.45) is -4.60. The Morgan fingerprint density at radius 1 is 1.00 bits per heavy atom. The zero-order chi connectivity index (χ0) is 19.9. The summed E-state index contributed by atoms with van der Waals surface area (Å²) < 4.78 is 42.9. The van der Waals surface area contributed by atoms with E-state index in [4.69, 9.17) is 4.74 Å². The summed E-state index contributed by atoms with van der Waals surface area (Å²) in [5, 5.41) is 5.30. The molecule has 0 aliphatic carbocycles. The second kappa shape index (κ2) is 9.18. The van der Waals surface area contributed by atoms with Crippen molar-refractivity contribution in [2.24, 2.45) is 0 Å². The van der Waals surface area contributed by atoms with Crippen molar-refractivity contribution < 1.29 is 27.5 Å². The summed E-state index contributed by atoms with van der Waals surface area (Å²) in [4.78, 5) is 23.5. The predicted molar refractivity (Wildman–Crippen MR) is 93.9 cm³/mol. The van der Waals surface area contributed by atoms with Crippen molar-refractivity contribution >= 4 is 17.5 Å². The lowest BCUT2D eigenvalue weighted by molar-refractivity contribution is -0.137. The van der Waals surface area contributed by atoms with E-state index in [1.54, 1.807) is 24.3 Å². The number of rotatable bonds is 7. The predicted octanol–water partition coefficient (Wildman–Crippen LogP) is 3.15. The van der Waals surface area contributed by atoms with Crippen LogP contribution in [0.2, 0.25) is 0 Å². The number of hydrogen-bond acceptors (Lipinski definition) is 3. The lowest BCUT2D eigenvalue weighted by atomic mass is 10.1. The molecule has 0 aromatic heterocycles. The number of ether oxygens (including phenoxy) is 1. The largest absolute Gasteiger partial charge is 0.416 e. The molecular weight excluding hydrogens is 361 g/mol. The van der Waals surface area contributed by atoms with Gasteiger partial charge in [-0.3, -0.25) is 9.59 Å². The van der Waals surface area contributed by atoms with Gasteiger partial charge in [0, 0.05) is 19.3 Å². The van der Waals surface area contributed by atoms with Crippen LogP contribution in [0.25, 0.3) is 0 Å². The van der Waals surface area contributed by atoms with Crippen molar-refractivity contribution in [2.45, 2.75) is 19.1 Å². The summed E-state index contributed by atoms with van der Waals surface area (Å²) >= 11 is 0. The van der Waals surface area contributed by atoms with Gasteiger partial charge in [0.2, 0.25) is 11.8 Å². The van der Waals surface area contributed by atoms with Gasteiger partial charge in [-0.2, -0.15) is 13.2 Å². The average Bonchev–Trinajstić information content (AvgIpc) is 2.60. The second-order valence-electron chi connectivity index (χ2n) is 5.83. The Hall–Kier alpha value is -2.87. The van der Waals surface area contributed by atoms with Gasteiger partial charge >= 0.3 is 6.18 Å². The normalized spacial score (nSPS) is 11.1. The number of nitrogens with one attached hydrogen (secondary N) is 2. The molecule has 2 N–H and O–H groups in total. The van der Waals surface area contributed by atoms with Crippen molar-refractivity contribution in [2.75, 3.05) is 19.0 Å². The smallest absolute Gasteiger partial charge is 0.375 e. The van der Waals surface area contributed by atoms with Gasteiger partial charge in [0.25, 0.3) is 0 Å². The maximum absolute atomic E-state index is 12.7. The van der Waals surface area contributed by atoms with E-state index in [0.717, 1.165) is 17.7 Å². The number of halogens is 3. The topological polar surface area (TPSA) is 67.4 Å². The maximum Gasteiger partial charge on any atom is 0.416 e.